The minimum Gasteiger partial charge on any atom is -0.493 e. The van der Waals surface area contributed by atoms with Crippen molar-refractivity contribution >= 4 is 11.9 Å². The highest BCUT2D eigenvalue weighted by atomic mass is 16.5. The topological polar surface area (TPSA) is 75.6 Å². The molecule has 116 valence electrons. The second kappa shape index (κ2) is 8.29. The van der Waals surface area contributed by atoms with Crippen LogP contribution in [0.5, 0.6) is 5.75 Å². The number of carboxylic acid groups (broad SMARTS) is 1. The third-order valence-corrected chi connectivity index (χ3v) is 3.07. The summed E-state index contributed by atoms with van der Waals surface area (Å²) in [5, 5.41) is 11.4. The van der Waals surface area contributed by atoms with Crippen LogP contribution < -0.4 is 10.1 Å². The van der Waals surface area contributed by atoms with Crippen molar-refractivity contribution in [1.29, 1.82) is 0 Å². The minimum atomic E-state index is -0.909. The number of benzene rings is 1. The van der Waals surface area contributed by atoms with Crippen LogP contribution >= 0.6 is 0 Å². The van der Waals surface area contributed by atoms with Gasteiger partial charge in [0, 0.05) is 6.04 Å². The second-order valence-corrected chi connectivity index (χ2v) is 5.19. The summed E-state index contributed by atoms with van der Waals surface area (Å²) in [7, 11) is 0. The van der Waals surface area contributed by atoms with Gasteiger partial charge in [-0.3, -0.25) is 9.59 Å². The van der Waals surface area contributed by atoms with E-state index in [2.05, 4.69) is 11.4 Å². The fourth-order valence-electron chi connectivity index (χ4n) is 2.09. The number of hydrogen-bond acceptors (Lipinski definition) is 3. The fraction of sp³-hybridized carbons (Fsp3) is 0.500. The predicted octanol–water partition coefficient (Wildman–Crippen LogP) is 2.44. The fourth-order valence-corrected chi connectivity index (χ4v) is 2.09. The molecule has 0 aliphatic carbocycles. The van der Waals surface area contributed by atoms with E-state index in [1.807, 2.05) is 32.9 Å². The van der Waals surface area contributed by atoms with Gasteiger partial charge in [0.25, 0.3) is 0 Å². The third kappa shape index (κ3) is 6.79. The van der Waals surface area contributed by atoms with E-state index in [-0.39, 0.29) is 31.4 Å². The molecule has 5 heteroatoms. The van der Waals surface area contributed by atoms with Gasteiger partial charge in [-0.2, -0.15) is 0 Å². The van der Waals surface area contributed by atoms with Crippen LogP contribution in [-0.2, 0) is 9.59 Å². The summed E-state index contributed by atoms with van der Waals surface area (Å²) in [6.45, 7) is 6.10. The molecule has 0 bridgehead atoms. The first-order valence-corrected chi connectivity index (χ1v) is 7.13. The first-order chi connectivity index (χ1) is 9.90. The molecule has 1 atom stereocenters. The van der Waals surface area contributed by atoms with E-state index in [0.29, 0.717) is 6.42 Å². The number of aryl methyl sites for hydroxylation is 2. The highest BCUT2D eigenvalue weighted by Crippen LogP contribution is 2.16. The number of amides is 1. The number of nitrogens with one attached hydrogen (secondary N) is 1. The van der Waals surface area contributed by atoms with Crippen molar-refractivity contribution in [3.05, 3.63) is 29.3 Å². The van der Waals surface area contributed by atoms with Crippen LogP contribution in [0.4, 0.5) is 0 Å². The van der Waals surface area contributed by atoms with E-state index in [9.17, 15) is 9.59 Å². The summed E-state index contributed by atoms with van der Waals surface area (Å²) < 4.78 is 5.56. The zero-order valence-corrected chi connectivity index (χ0v) is 12.8. The molecule has 1 unspecified atom stereocenters. The average Bonchev–Trinajstić information content (AvgIpc) is 2.36. The van der Waals surface area contributed by atoms with Crippen molar-refractivity contribution in [2.24, 2.45) is 0 Å². The van der Waals surface area contributed by atoms with Crippen LogP contribution in [-0.4, -0.2) is 29.6 Å². The van der Waals surface area contributed by atoms with Crippen molar-refractivity contribution < 1.29 is 19.4 Å². The van der Waals surface area contributed by atoms with Gasteiger partial charge in [0.1, 0.15) is 5.75 Å². The number of carboxylic acids is 1. The molecular formula is C16H23NO4. The lowest BCUT2D eigenvalue weighted by Crippen LogP contribution is -2.36. The van der Waals surface area contributed by atoms with Gasteiger partial charge in [0.15, 0.2) is 0 Å². The third-order valence-electron chi connectivity index (χ3n) is 3.07. The molecule has 0 radical (unpaired) electrons. The molecule has 0 saturated carbocycles. The van der Waals surface area contributed by atoms with Crippen LogP contribution in [0.2, 0.25) is 0 Å². The summed E-state index contributed by atoms with van der Waals surface area (Å²) in [5.74, 6) is -0.348. The van der Waals surface area contributed by atoms with Gasteiger partial charge in [-0.05, 0) is 43.5 Å². The van der Waals surface area contributed by atoms with Crippen molar-refractivity contribution in [1.82, 2.24) is 5.32 Å². The van der Waals surface area contributed by atoms with E-state index in [0.717, 1.165) is 16.9 Å². The number of carbonyl (C=O) groups excluding carboxylic acids is 1. The van der Waals surface area contributed by atoms with Gasteiger partial charge in [0.2, 0.25) is 5.91 Å². The van der Waals surface area contributed by atoms with E-state index in [1.165, 1.54) is 0 Å². The molecule has 0 aliphatic heterocycles. The van der Waals surface area contributed by atoms with Crippen LogP contribution in [0.3, 0.4) is 0 Å². The molecule has 1 amide bonds. The Balaban J connectivity index is 2.37. The predicted molar refractivity (Wildman–Crippen MR) is 80.5 cm³/mol. The van der Waals surface area contributed by atoms with Gasteiger partial charge in [-0.1, -0.05) is 13.0 Å². The summed E-state index contributed by atoms with van der Waals surface area (Å²) in [6.07, 6.45) is 0.749. The average molecular weight is 293 g/mol. The SMILES string of the molecule is CCC(CC(=O)O)NC(=O)CCOc1cc(C)cc(C)c1. The summed E-state index contributed by atoms with van der Waals surface area (Å²) in [5.41, 5.74) is 2.23. The number of carbonyl (C=O) groups is 2. The van der Waals surface area contributed by atoms with Crippen molar-refractivity contribution in [3.63, 3.8) is 0 Å². The maximum Gasteiger partial charge on any atom is 0.305 e. The number of aliphatic carboxylic acids is 1. The van der Waals surface area contributed by atoms with Crippen molar-refractivity contribution in [3.8, 4) is 5.75 Å². The molecule has 5 nitrogen and oxygen atoms in total. The maximum atomic E-state index is 11.7. The molecule has 0 saturated heterocycles. The monoisotopic (exact) mass is 293 g/mol. The zero-order valence-electron chi connectivity index (χ0n) is 12.8. The molecular weight excluding hydrogens is 270 g/mol. The summed E-state index contributed by atoms with van der Waals surface area (Å²) in [4.78, 5) is 22.4. The summed E-state index contributed by atoms with van der Waals surface area (Å²) in [6, 6.07) is 5.57. The molecule has 0 fully saturated rings. The molecule has 1 aromatic rings. The van der Waals surface area contributed by atoms with Gasteiger partial charge in [0.05, 0.1) is 19.4 Å². The lowest BCUT2D eigenvalue weighted by atomic mass is 10.1. The molecule has 1 rings (SSSR count). The van der Waals surface area contributed by atoms with E-state index in [4.69, 9.17) is 9.84 Å². The lowest BCUT2D eigenvalue weighted by Gasteiger charge is -2.15. The normalized spacial score (nSPS) is 11.8. The van der Waals surface area contributed by atoms with Crippen LogP contribution in [0.15, 0.2) is 18.2 Å². The summed E-state index contributed by atoms with van der Waals surface area (Å²) >= 11 is 0. The number of hydrogen-bond donors (Lipinski definition) is 2. The van der Waals surface area contributed by atoms with Crippen molar-refractivity contribution in [2.75, 3.05) is 6.61 Å². The molecule has 1 aromatic carbocycles. The van der Waals surface area contributed by atoms with Gasteiger partial charge in [-0.15, -0.1) is 0 Å². The first-order valence-electron chi connectivity index (χ1n) is 7.13. The quantitative estimate of drug-likeness (QED) is 0.772. The number of rotatable bonds is 8. The van der Waals surface area contributed by atoms with E-state index < -0.39 is 5.97 Å². The van der Waals surface area contributed by atoms with Gasteiger partial charge in [-0.25, -0.2) is 0 Å². The van der Waals surface area contributed by atoms with Crippen LogP contribution in [0, 0.1) is 13.8 Å². The maximum absolute atomic E-state index is 11.7. The minimum absolute atomic E-state index is 0.0554. The highest BCUT2D eigenvalue weighted by Gasteiger charge is 2.13. The molecule has 0 spiro atoms. The Kier molecular flexibility index (Phi) is 6.72. The molecule has 21 heavy (non-hydrogen) atoms. The molecule has 0 aliphatic rings. The Morgan fingerprint density at radius 2 is 1.86 bits per heavy atom. The molecule has 0 aromatic heterocycles. The van der Waals surface area contributed by atoms with Gasteiger partial charge < -0.3 is 15.2 Å². The smallest absolute Gasteiger partial charge is 0.305 e. The largest absolute Gasteiger partial charge is 0.493 e. The highest BCUT2D eigenvalue weighted by molar-refractivity contribution is 5.77. The first kappa shape index (κ1) is 17.0. The van der Waals surface area contributed by atoms with Crippen molar-refractivity contribution in [2.45, 2.75) is 46.1 Å². The van der Waals surface area contributed by atoms with E-state index in [1.54, 1.807) is 0 Å². The molecule has 0 heterocycles. The molecule has 2 N–H and O–H groups in total. The Labute approximate surface area is 125 Å². The number of ether oxygens (including phenoxy) is 1. The Morgan fingerprint density at radius 3 is 2.38 bits per heavy atom. The Bertz CT molecular complexity index is 479. The standard InChI is InChI=1S/C16H23NO4/c1-4-13(10-16(19)20)17-15(18)5-6-21-14-8-11(2)7-12(3)9-14/h7-9,13H,4-6,10H2,1-3H3,(H,17,18)(H,19,20). The van der Waals surface area contributed by atoms with Crippen LogP contribution in [0.25, 0.3) is 0 Å². The Morgan fingerprint density at radius 1 is 1.24 bits per heavy atom. The second-order valence-electron chi connectivity index (χ2n) is 5.19. The van der Waals surface area contributed by atoms with Gasteiger partial charge >= 0.3 is 5.97 Å². The lowest BCUT2D eigenvalue weighted by molar-refractivity contribution is -0.137. The zero-order chi connectivity index (χ0) is 15.8. The van der Waals surface area contributed by atoms with Crippen LogP contribution in [0.1, 0.15) is 37.3 Å². The Hall–Kier alpha value is -2.04. The van der Waals surface area contributed by atoms with E-state index >= 15 is 0 Å².